The first-order chi connectivity index (χ1) is 11.2. The van der Waals surface area contributed by atoms with Gasteiger partial charge in [0.2, 0.25) is 0 Å². The first-order valence-corrected chi connectivity index (χ1v) is 7.98. The molecule has 3 aromatic heterocycles. The standard InChI is InChI=1S/C16H20N6O/c1-12-3-2-4-15-18-13(10-21(12)15)9-20-7-5-14(6-8-20)22-11-17-19-16(22)23/h2-4,10-11,14H,5-9H2,1H3,(H,19,23). The zero-order chi connectivity index (χ0) is 15.8. The number of rotatable bonds is 3. The maximum absolute atomic E-state index is 11.6. The molecule has 0 atom stereocenters. The van der Waals surface area contributed by atoms with Gasteiger partial charge in [0.25, 0.3) is 0 Å². The van der Waals surface area contributed by atoms with E-state index in [4.69, 9.17) is 4.98 Å². The van der Waals surface area contributed by atoms with Crippen LogP contribution in [-0.2, 0) is 6.54 Å². The minimum atomic E-state index is -0.112. The molecule has 23 heavy (non-hydrogen) atoms. The molecule has 120 valence electrons. The van der Waals surface area contributed by atoms with E-state index < -0.39 is 0 Å². The van der Waals surface area contributed by atoms with Crippen molar-refractivity contribution in [3.05, 3.63) is 52.6 Å². The second-order valence-electron chi connectivity index (χ2n) is 6.20. The molecule has 0 saturated carbocycles. The second-order valence-corrected chi connectivity index (χ2v) is 6.20. The predicted molar refractivity (Wildman–Crippen MR) is 86.3 cm³/mol. The summed E-state index contributed by atoms with van der Waals surface area (Å²) in [6, 6.07) is 6.41. The molecular weight excluding hydrogens is 292 g/mol. The van der Waals surface area contributed by atoms with Crippen molar-refractivity contribution >= 4 is 5.65 Å². The fourth-order valence-corrected chi connectivity index (χ4v) is 3.38. The minimum absolute atomic E-state index is 0.112. The molecule has 4 rings (SSSR count). The van der Waals surface area contributed by atoms with E-state index in [1.54, 1.807) is 10.9 Å². The maximum Gasteiger partial charge on any atom is 0.343 e. The molecular formula is C16H20N6O. The molecule has 1 saturated heterocycles. The Labute approximate surface area is 133 Å². The fourth-order valence-electron chi connectivity index (χ4n) is 3.38. The lowest BCUT2D eigenvalue weighted by Gasteiger charge is -2.31. The Bertz CT molecular complexity index is 868. The number of hydrogen-bond acceptors (Lipinski definition) is 4. The smallest absolute Gasteiger partial charge is 0.304 e. The SMILES string of the molecule is Cc1cccc2nc(CN3CCC(n4cn[nH]c4=O)CC3)cn12. The van der Waals surface area contributed by atoms with E-state index in [9.17, 15) is 4.79 Å². The number of nitrogens with zero attached hydrogens (tertiary/aromatic N) is 5. The summed E-state index contributed by atoms with van der Waals surface area (Å²) in [6.07, 6.45) is 5.66. The van der Waals surface area contributed by atoms with Gasteiger partial charge in [0.15, 0.2) is 0 Å². The number of nitrogens with one attached hydrogen (secondary N) is 1. The highest BCUT2D eigenvalue weighted by Crippen LogP contribution is 2.22. The number of H-pyrrole nitrogens is 1. The van der Waals surface area contributed by atoms with Gasteiger partial charge in [-0.25, -0.2) is 14.9 Å². The number of hydrogen-bond donors (Lipinski definition) is 1. The first kappa shape index (κ1) is 14.2. The van der Waals surface area contributed by atoms with Gasteiger partial charge in [-0.05, 0) is 31.9 Å². The number of fused-ring (bicyclic) bond motifs is 1. The lowest BCUT2D eigenvalue weighted by Crippen LogP contribution is -2.36. The molecule has 0 amide bonds. The Balaban J connectivity index is 1.43. The van der Waals surface area contributed by atoms with Crippen LogP contribution in [-0.4, -0.2) is 42.1 Å². The molecule has 4 heterocycles. The van der Waals surface area contributed by atoms with Crippen LogP contribution in [0.2, 0.25) is 0 Å². The van der Waals surface area contributed by atoms with Crippen molar-refractivity contribution in [3.8, 4) is 0 Å². The average Bonchev–Trinajstić information content (AvgIpc) is 3.15. The molecule has 1 aliphatic rings. The minimum Gasteiger partial charge on any atom is -0.304 e. The predicted octanol–water partition coefficient (Wildman–Crippen LogP) is 1.36. The van der Waals surface area contributed by atoms with Crippen molar-refractivity contribution < 1.29 is 0 Å². The van der Waals surface area contributed by atoms with Crippen LogP contribution in [0.4, 0.5) is 0 Å². The van der Waals surface area contributed by atoms with Gasteiger partial charge < -0.3 is 4.40 Å². The van der Waals surface area contributed by atoms with E-state index >= 15 is 0 Å². The van der Waals surface area contributed by atoms with Crippen molar-refractivity contribution in [2.45, 2.75) is 32.4 Å². The number of aromatic amines is 1. The quantitative estimate of drug-likeness (QED) is 0.793. The average molecular weight is 312 g/mol. The van der Waals surface area contributed by atoms with Crippen molar-refractivity contribution in [2.24, 2.45) is 0 Å². The van der Waals surface area contributed by atoms with E-state index in [1.807, 2.05) is 12.1 Å². The van der Waals surface area contributed by atoms with E-state index in [0.29, 0.717) is 0 Å². The Hall–Kier alpha value is -2.41. The van der Waals surface area contributed by atoms with Gasteiger partial charge in [-0.15, -0.1) is 0 Å². The summed E-state index contributed by atoms with van der Waals surface area (Å²) in [5, 5.41) is 6.28. The molecule has 0 bridgehead atoms. The Morgan fingerprint density at radius 3 is 2.83 bits per heavy atom. The number of piperidine rings is 1. The highest BCUT2D eigenvalue weighted by molar-refractivity contribution is 5.41. The van der Waals surface area contributed by atoms with Crippen molar-refractivity contribution in [1.82, 2.24) is 29.0 Å². The largest absolute Gasteiger partial charge is 0.343 e. The lowest BCUT2D eigenvalue weighted by atomic mass is 10.0. The monoisotopic (exact) mass is 312 g/mol. The van der Waals surface area contributed by atoms with Crippen molar-refractivity contribution in [2.75, 3.05) is 13.1 Å². The third-order valence-corrected chi connectivity index (χ3v) is 4.66. The van der Waals surface area contributed by atoms with Crippen molar-refractivity contribution in [3.63, 3.8) is 0 Å². The molecule has 1 N–H and O–H groups in total. The van der Waals surface area contributed by atoms with E-state index in [0.717, 1.165) is 43.8 Å². The summed E-state index contributed by atoms with van der Waals surface area (Å²) >= 11 is 0. The normalized spacial score (nSPS) is 17.1. The van der Waals surface area contributed by atoms with Crippen LogP contribution in [0, 0.1) is 6.92 Å². The fraction of sp³-hybridized carbons (Fsp3) is 0.438. The van der Waals surface area contributed by atoms with Gasteiger partial charge in [0.1, 0.15) is 12.0 Å². The van der Waals surface area contributed by atoms with E-state index in [1.165, 1.54) is 5.69 Å². The van der Waals surface area contributed by atoms with Crippen LogP contribution < -0.4 is 5.69 Å². The molecule has 3 aromatic rings. The van der Waals surface area contributed by atoms with E-state index in [-0.39, 0.29) is 11.7 Å². The zero-order valence-electron chi connectivity index (χ0n) is 13.1. The first-order valence-electron chi connectivity index (χ1n) is 7.98. The lowest BCUT2D eigenvalue weighted by molar-refractivity contribution is 0.176. The Kier molecular flexibility index (Phi) is 3.49. The van der Waals surface area contributed by atoms with Crippen LogP contribution in [0.3, 0.4) is 0 Å². The van der Waals surface area contributed by atoms with Crippen LogP contribution >= 0.6 is 0 Å². The second kappa shape index (κ2) is 5.66. The summed E-state index contributed by atoms with van der Waals surface area (Å²) < 4.78 is 3.85. The zero-order valence-corrected chi connectivity index (χ0v) is 13.1. The van der Waals surface area contributed by atoms with Crippen LogP contribution in [0.5, 0.6) is 0 Å². The molecule has 0 aromatic carbocycles. The number of aryl methyl sites for hydroxylation is 1. The highest BCUT2D eigenvalue weighted by Gasteiger charge is 2.22. The summed E-state index contributed by atoms with van der Waals surface area (Å²) in [4.78, 5) is 18.7. The van der Waals surface area contributed by atoms with Gasteiger partial charge in [-0.2, -0.15) is 5.10 Å². The molecule has 0 unspecified atom stereocenters. The van der Waals surface area contributed by atoms with Gasteiger partial charge in [-0.3, -0.25) is 9.47 Å². The molecule has 1 fully saturated rings. The van der Waals surface area contributed by atoms with Gasteiger partial charge in [0, 0.05) is 37.6 Å². The van der Waals surface area contributed by atoms with Gasteiger partial charge in [0.05, 0.1) is 5.69 Å². The summed E-state index contributed by atoms with van der Waals surface area (Å²) in [5.41, 5.74) is 3.18. The van der Waals surface area contributed by atoms with E-state index in [2.05, 4.69) is 38.7 Å². The van der Waals surface area contributed by atoms with Crippen molar-refractivity contribution in [1.29, 1.82) is 0 Å². The Morgan fingerprint density at radius 1 is 1.30 bits per heavy atom. The number of likely N-dealkylation sites (tertiary alicyclic amines) is 1. The summed E-state index contributed by atoms with van der Waals surface area (Å²) in [6.45, 7) is 4.88. The topological polar surface area (TPSA) is 71.2 Å². The molecule has 7 nitrogen and oxygen atoms in total. The number of imidazole rings is 1. The van der Waals surface area contributed by atoms with Crippen LogP contribution in [0.15, 0.2) is 35.5 Å². The number of pyridine rings is 1. The molecule has 0 radical (unpaired) electrons. The summed E-state index contributed by atoms with van der Waals surface area (Å²) in [7, 11) is 0. The molecule has 7 heteroatoms. The number of aromatic nitrogens is 5. The Morgan fingerprint density at radius 2 is 2.13 bits per heavy atom. The third-order valence-electron chi connectivity index (χ3n) is 4.66. The summed E-state index contributed by atoms with van der Waals surface area (Å²) in [5.74, 6) is 0. The maximum atomic E-state index is 11.6. The van der Waals surface area contributed by atoms with Gasteiger partial charge >= 0.3 is 5.69 Å². The molecule has 0 aliphatic carbocycles. The van der Waals surface area contributed by atoms with Crippen LogP contribution in [0.25, 0.3) is 5.65 Å². The van der Waals surface area contributed by atoms with Crippen LogP contribution in [0.1, 0.15) is 30.3 Å². The van der Waals surface area contributed by atoms with Gasteiger partial charge in [-0.1, -0.05) is 6.07 Å². The molecule has 1 aliphatic heterocycles. The third kappa shape index (κ3) is 2.68. The molecule has 0 spiro atoms. The highest BCUT2D eigenvalue weighted by atomic mass is 16.1.